The highest BCUT2D eigenvalue weighted by atomic mass is 32.2. The number of rotatable bonds is 6. The maximum Gasteiger partial charge on any atom is 0.237 e. The minimum atomic E-state index is 0.0279. The molecule has 0 unspecified atom stereocenters. The highest BCUT2D eigenvalue weighted by Crippen LogP contribution is 2.21. The molecule has 0 aliphatic carbocycles. The van der Waals surface area contributed by atoms with E-state index < -0.39 is 0 Å². The van der Waals surface area contributed by atoms with Crippen molar-refractivity contribution < 1.29 is 4.79 Å². The van der Waals surface area contributed by atoms with E-state index in [4.69, 9.17) is 0 Å². The first-order valence-corrected chi connectivity index (χ1v) is 8.73. The summed E-state index contributed by atoms with van der Waals surface area (Å²) in [6.45, 7) is 0. The highest BCUT2D eigenvalue weighted by Gasteiger charge is 2.14. The van der Waals surface area contributed by atoms with Gasteiger partial charge in [0.25, 0.3) is 0 Å². The lowest BCUT2D eigenvalue weighted by Gasteiger charge is -2.13. The monoisotopic (exact) mass is 338 g/mol. The zero-order valence-corrected chi connectivity index (χ0v) is 14.2. The Morgan fingerprint density at radius 2 is 1.92 bits per heavy atom. The summed E-state index contributed by atoms with van der Waals surface area (Å²) in [6, 6.07) is 15.7. The van der Waals surface area contributed by atoms with Crippen molar-refractivity contribution in [3.63, 3.8) is 0 Å². The molecule has 0 spiro atoms. The summed E-state index contributed by atoms with van der Waals surface area (Å²) in [5.74, 6) is 1.85. The first kappa shape index (κ1) is 16.3. The Kier molecular flexibility index (Phi) is 5.28. The molecule has 0 aliphatic rings. The molecule has 0 aliphatic heterocycles. The molecule has 5 nitrogen and oxygen atoms in total. The van der Waals surface area contributed by atoms with Crippen LogP contribution in [0.4, 0.5) is 5.82 Å². The lowest BCUT2D eigenvalue weighted by Crippen LogP contribution is -2.28. The second-order valence-corrected chi connectivity index (χ2v) is 6.29. The fourth-order valence-electron chi connectivity index (χ4n) is 2.21. The summed E-state index contributed by atoms with van der Waals surface area (Å²) in [4.78, 5) is 17.9. The number of aromatic nitrogens is 3. The number of H-pyrrole nitrogens is 1. The molecule has 0 saturated carbocycles. The molecule has 0 bridgehead atoms. The first-order chi connectivity index (χ1) is 11.7. The number of hydrogen-bond donors (Lipinski definition) is 1. The number of carbonyl (C=O) groups is 1. The molecule has 3 aromatic rings. The van der Waals surface area contributed by atoms with Crippen molar-refractivity contribution in [2.45, 2.75) is 5.75 Å². The molecule has 122 valence electrons. The minimum Gasteiger partial charge on any atom is -0.298 e. The number of pyridine rings is 1. The molecule has 1 N–H and O–H groups in total. The second-order valence-electron chi connectivity index (χ2n) is 5.31. The Morgan fingerprint density at radius 3 is 2.67 bits per heavy atom. The van der Waals surface area contributed by atoms with Crippen LogP contribution in [-0.2, 0) is 10.5 Å². The minimum absolute atomic E-state index is 0.0279. The van der Waals surface area contributed by atoms with Crippen molar-refractivity contribution in [1.29, 1.82) is 0 Å². The molecule has 0 radical (unpaired) electrons. The van der Waals surface area contributed by atoms with Gasteiger partial charge in [-0.2, -0.15) is 5.10 Å². The third-order valence-electron chi connectivity index (χ3n) is 3.61. The van der Waals surface area contributed by atoms with Gasteiger partial charge in [0.05, 0.1) is 11.4 Å². The SMILES string of the molecule is CN(C(=O)CSCc1ccncc1)c1cc(-c2ccccc2)[nH]n1. The summed E-state index contributed by atoms with van der Waals surface area (Å²) in [7, 11) is 1.75. The molecule has 3 rings (SSSR count). The lowest BCUT2D eigenvalue weighted by molar-refractivity contribution is -0.115. The van der Waals surface area contributed by atoms with Gasteiger partial charge in [-0.1, -0.05) is 30.3 Å². The Balaban J connectivity index is 1.57. The number of nitrogens with zero attached hydrogens (tertiary/aromatic N) is 3. The van der Waals surface area contributed by atoms with Crippen LogP contribution in [0.25, 0.3) is 11.3 Å². The fourth-order valence-corrected chi connectivity index (χ4v) is 3.11. The van der Waals surface area contributed by atoms with Crippen molar-refractivity contribution >= 4 is 23.5 Å². The van der Waals surface area contributed by atoms with E-state index in [2.05, 4.69) is 15.2 Å². The van der Waals surface area contributed by atoms with Gasteiger partial charge in [-0.3, -0.25) is 19.8 Å². The molecule has 2 heterocycles. The maximum absolute atomic E-state index is 12.3. The number of hydrogen-bond acceptors (Lipinski definition) is 4. The van der Waals surface area contributed by atoms with Gasteiger partial charge >= 0.3 is 0 Å². The third-order valence-corrected chi connectivity index (χ3v) is 4.60. The number of amides is 1. The lowest BCUT2D eigenvalue weighted by atomic mass is 10.1. The summed E-state index contributed by atoms with van der Waals surface area (Å²) >= 11 is 1.58. The standard InChI is InChI=1S/C18H18N4OS/c1-22(18(23)13-24-12-14-7-9-19-10-8-14)17-11-16(20-21-17)15-5-3-2-4-6-15/h2-11H,12-13H2,1H3,(H,20,21). The zero-order chi connectivity index (χ0) is 16.8. The molecule has 24 heavy (non-hydrogen) atoms. The van der Waals surface area contributed by atoms with Crippen molar-refractivity contribution in [2.75, 3.05) is 17.7 Å². The van der Waals surface area contributed by atoms with Gasteiger partial charge < -0.3 is 0 Å². The average molecular weight is 338 g/mol. The van der Waals surface area contributed by atoms with Crippen LogP contribution in [0.3, 0.4) is 0 Å². The number of aromatic amines is 1. The van der Waals surface area contributed by atoms with E-state index >= 15 is 0 Å². The first-order valence-electron chi connectivity index (χ1n) is 7.58. The van der Waals surface area contributed by atoms with Crippen molar-refractivity contribution in [1.82, 2.24) is 15.2 Å². The van der Waals surface area contributed by atoms with Gasteiger partial charge in [0.1, 0.15) is 0 Å². The van der Waals surface area contributed by atoms with E-state index in [0.717, 1.165) is 22.6 Å². The molecule has 0 fully saturated rings. The van der Waals surface area contributed by atoms with E-state index in [1.807, 2.05) is 48.5 Å². The molecule has 6 heteroatoms. The van der Waals surface area contributed by atoms with Crippen LogP contribution in [-0.4, -0.2) is 33.9 Å². The average Bonchev–Trinajstić information content (AvgIpc) is 3.13. The van der Waals surface area contributed by atoms with Crippen LogP contribution >= 0.6 is 11.8 Å². The second kappa shape index (κ2) is 7.79. The molecule has 0 saturated heterocycles. The normalized spacial score (nSPS) is 10.5. The van der Waals surface area contributed by atoms with E-state index in [9.17, 15) is 4.79 Å². The molecule has 2 aromatic heterocycles. The Bertz CT molecular complexity index is 789. The van der Waals surface area contributed by atoms with Crippen LogP contribution in [0.2, 0.25) is 0 Å². The van der Waals surface area contributed by atoms with Crippen molar-refractivity contribution in [3.8, 4) is 11.3 Å². The molecular weight excluding hydrogens is 320 g/mol. The van der Waals surface area contributed by atoms with Crippen molar-refractivity contribution in [2.24, 2.45) is 0 Å². The van der Waals surface area contributed by atoms with Gasteiger partial charge in [0, 0.05) is 31.3 Å². The smallest absolute Gasteiger partial charge is 0.237 e. The Hall–Kier alpha value is -2.60. The molecule has 1 amide bonds. The van der Waals surface area contributed by atoms with Gasteiger partial charge in [-0.25, -0.2) is 0 Å². The van der Waals surface area contributed by atoms with Crippen LogP contribution in [0.5, 0.6) is 0 Å². The van der Waals surface area contributed by atoms with Crippen molar-refractivity contribution in [3.05, 3.63) is 66.5 Å². The predicted molar refractivity (Wildman–Crippen MR) is 97.8 cm³/mol. The number of nitrogens with one attached hydrogen (secondary N) is 1. The zero-order valence-electron chi connectivity index (χ0n) is 13.3. The van der Waals surface area contributed by atoms with E-state index in [1.165, 1.54) is 0 Å². The molecule has 1 aromatic carbocycles. The topological polar surface area (TPSA) is 61.9 Å². The summed E-state index contributed by atoms with van der Waals surface area (Å²) in [5, 5.41) is 7.22. The maximum atomic E-state index is 12.3. The molecule has 0 atom stereocenters. The van der Waals surface area contributed by atoms with Gasteiger partial charge in [-0.15, -0.1) is 11.8 Å². The fraction of sp³-hybridized carbons (Fsp3) is 0.167. The third kappa shape index (κ3) is 4.02. The van der Waals surface area contributed by atoms with E-state index in [0.29, 0.717) is 11.6 Å². The van der Waals surface area contributed by atoms with E-state index in [-0.39, 0.29) is 5.91 Å². The van der Waals surface area contributed by atoms with Gasteiger partial charge in [0.15, 0.2) is 5.82 Å². The number of benzene rings is 1. The van der Waals surface area contributed by atoms with Gasteiger partial charge in [-0.05, 0) is 23.3 Å². The van der Waals surface area contributed by atoms with Crippen LogP contribution in [0, 0.1) is 0 Å². The van der Waals surface area contributed by atoms with Gasteiger partial charge in [0.2, 0.25) is 5.91 Å². The number of carbonyl (C=O) groups excluding carboxylic acids is 1. The largest absolute Gasteiger partial charge is 0.298 e. The van der Waals surface area contributed by atoms with Crippen LogP contribution in [0.1, 0.15) is 5.56 Å². The summed E-state index contributed by atoms with van der Waals surface area (Å²) < 4.78 is 0. The van der Waals surface area contributed by atoms with Crippen LogP contribution in [0.15, 0.2) is 60.9 Å². The summed E-state index contributed by atoms with van der Waals surface area (Å²) in [6.07, 6.45) is 3.53. The molecular formula is C18H18N4OS. The number of thioether (sulfide) groups is 1. The van der Waals surface area contributed by atoms with Crippen LogP contribution < -0.4 is 4.90 Å². The summed E-state index contributed by atoms with van der Waals surface area (Å²) in [5.41, 5.74) is 3.11. The Labute approximate surface area is 145 Å². The van der Waals surface area contributed by atoms with E-state index in [1.54, 1.807) is 36.1 Å². The highest BCUT2D eigenvalue weighted by molar-refractivity contribution is 7.99. The quantitative estimate of drug-likeness (QED) is 0.748. The predicted octanol–water partition coefficient (Wildman–Crippen LogP) is 3.37. The Morgan fingerprint density at radius 1 is 1.17 bits per heavy atom. The number of anilines is 1.